The molecule has 41 heavy (non-hydrogen) atoms. The largest absolute Gasteiger partial charge is 0.385 e. The molecule has 3 heterocycles. The number of unbranched alkanes of at least 4 members (excludes halogenated alkanes) is 1. The third-order valence-electron chi connectivity index (χ3n) is 10.3. The summed E-state index contributed by atoms with van der Waals surface area (Å²) in [4.78, 5) is 16.5. The minimum absolute atomic E-state index is 0.144. The fourth-order valence-corrected chi connectivity index (χ4v) is 9.04. The van der Waals surface area contributed by atoms with Crippen molar-refractivity contribution in [2.45, 2.75) is 114 Å². The first-order valence-corrected chi connectivity index (χ1v) is 17.3. The number of hydrogen-bond donors (Lipinski definition) is 5. The van der Waals surface area contributed by atoms with Crippen molar-refractivity contribution in [2.75, 3.05) is 39.3 Å². The Balaban J connectivity index is 1.55. The molecule has 0 radical (unpaired) electrons. The van der Waals surface area contributed by atoms with Crippen LogP contribution in [0.15, 0.2) is 12.0 Å². The summed E-state index contributed by atoms with van der Waals surface area (Å²) in [6.07, 6.45) is 8.41. The maximum atomic E-state index is 14.5. The highest BCUT2D eigenvalue weighted by molar-refractivity contribution is 7.90. The van der Waals surface area contributed by atoms with Gasteiger partial charge in [0.05, 0.1) is 23.4 Å². The SMILES string of the molecule is CCCCC1(N2CCN(S(=O)(=O)C3CC3)CC2)CCNCC1NC(=O)C(C(N)N)C1CC(C)(CC)CC/C(F)=C\N1. The number of nitrogens with two attached hydrogens (primary N) is 2. The number of piperazine rings is 1. The number of amides is 1. The fraction of sp³-hybridized carbons (Fsp3) is 0.897. The topological polar surface area (TPSA) is 146 Å². The van der Waals surface area contributed by atoms with Gasteiger partial charge >= 0.3 is 0 Å². The van der Waals surface area contributed by atoms with Crippen LogP contribution in [0.25, 0.3) is 0 Å². The van der Waals surface area contributed by atoms with Crippen LogP contribution in [-0.4, -0.2) is 91.8 Å². The fourth-order valence-electron chi connectivity index (χ4n) is 7.21. The van der Waals surface area contributed by atoms with Crippen molar-refractivity contribution in [1.29, 1.82) is 0 Å². The second-order valence-electron chi connectivity index (χ2n) is 13.2. The number of sulfonamides is 1. The van der Waals surface area contributed by atoms with Crippen LogP contribution in [0.4, 0.5) is 4.39 Å². The van der Waals surface area contributed by atoms with E-state index in [2.05, 4.69) is 41.6 Å². The first kappa shape index (κ1) is 32.6. The average Bonchev–Trinajstić information content (AvgIpc) is 3.80. The molecule has 5 atom stereocenters. The highest BCUT2D eigenvalue weighted by Gasteiger charge is 2.49. The average molecular weight is 600 g/mol. The first-order valence-electron chi connectivity index (χ1n) is 15.8. The summed E-state index contributed by atoms with van der Waals surface area (Å²) in [5.74, 6) is -1.18. The monoisotopic (exact) mass is 599 g/mol. The number of hydrogen-bond acceptors (Lipinski definition) is 8. The van der Waals surface area contributed by atoms with Gasteiger partial charge in [0.15, 0.2) is 0 Å². The third kappa shape index (κ3) is 7.44. The molecule has 236 valence electrons. The maximum Gasteiger partial charge on any atom is 0.228 e. The third-order valence-corrected chi connectivity index (χ3v) is 12.7. The molecule has 4 aliphatic rings. The summed E-state index contributed by atoms with van der Waals surface area (Å²) in [7, 11) is -3.21. The van der Waals surface area contributed by atoms with Crippen LogP contribution in [0.1, 0.15) is 85.0 Å². The zero-order chi connectivity index (χ0) is 29.8. The first-order chi connectivity index (χ1) is 19.5. The van der Waals surface area contributed by atoms with Crippen molar-refractivity contribution in [1.82, 2.24) is 25.2 Å². The number of rotatable bonds is 11. The van der Waals surface area contributed by atoms with Gasteiger partial charge in [0.2, 0.25) is 15.9 Å². The molecule has 1 amide bonds. The quantitative estimate of drug-likeness (QED) is 0.226. The highest BCUT2D eigenvalue weighted by atomic mass is 32.2. The van der Waals surface area contributed by atoms with Crippen LogP contribution in [0.3, 0.4) is 0 Å². The van der Waals surface area contributed by atoms with Gasteiger partial charge in [-0.2, -0.15) is 4.31 Å². The van der Waals surface area contributed by atoms with Gasteiger partial charge in [0.1, 0.15) is 5.83 Å². The Labute approximate surface area is 246 Å². The van der Waals surface area contributed by atoms with Crippen LogP contribution in [0.2, 0.25) is 0 Å². The van der Waals surface area contributed by atoms with Crippen LogP contribution in [0.5, 0.6) is 0 Å². The lowest BCUT2D eigenvalue weighted by Crippen LogP contribution is -2.72. The molecule has 1 aliphatic carbocycles. The molecule has 0 aromatic rings. The van der Waals surface area contributed by atoms with Crippen molar-refractivity contribution in [2.24, 2.45) is 22.8 Å². The van der Waals surface area contributed by atoms with Crippen LogP contribution in [-0.2, 0) is 14.8 Å². The number of piperidine rings is 1. The van der Waals surface area contributed by atoms with E-state index in [1.54, 1.807) is 4.31 Å². The Bertz CT molecular complexity index is 1030. The van der Waals surface area contributed by atoms with E-state index in [-0.39, 0.29) is 34.0 Å². The molecule has 0 aromatic carbocycles. The number of nitrogens with zero attached hydrogens (tertiary/aromatic N) is 2. The Hall–Kier alpha value is -1.31. The molecule has 0 aromatic heterocycles. The van der Waals surface area contributed by atoms with Crippen molar-refractivity contribution in [3.8, 4) is 0 Å². The van der Waals surface area contributed by atoms with Gasteiger partial charge in [-0.1, -0.05) is 40.0 Å². The Morgan fingerprint density at radius 3 is 2.51 bits per heavy atom. The summed E-state index contributed by atoms with van der Waals surface area (Å²) in [6.45, 7) is 10.1. The second-order valence-corrected chi connectivity index (χ2v) is 15.4. The predicted molar refractivity (Wildman–Crippen MR) is 161 cm³/mol. The maximum absolute atomic E-state index is 14.5. The van der Waals surface area contributed by atoms with Crippen LogP contribution in [0, 0.1) is 11.3 Å². The molecule has 2 saturated heterocycles. The minimum atomic E-state index is -3.21. The number of halogens is 1. The Kier molecular flexibility index (Phi) is 10.8. The van der Waals surface area contributed by atoms with Crippen molar-refractivity contribution in [3.05, 3.63) is 12.0 Å². The predicted octanol–water partition coefficient (Wildman–Crippen LogP) is 1.73. The number of carbonyl (C=O) groups excluding carboxylic acids is 1. The van der Waals surface area contributed by atoms with E-state index >= 15 is 0 Å². The molecular weight excluding hydrogens is 545 g/mol. The summed E-state index contributed by atoms with van der Waals surface area (Å²) >= 11 is 0. The van der Waals surface area contributed by atoms with Crippen LogP contribution >= 0.6 is 0 Å². The lowest BCUT2D eigenvalue weighted by atomic mass is 9.73. The molecule has 3 fully saturated rings. The van der Waals surface area contributed by atoms with Gasteiger partial charge in [0, 0.05) is 56.9 Å². The van der Waals surface area contributed by atoms with Gasteiger partial charge in [-0.25, -0.2) is 12.8 Å². The summed E-state index contributed by atoms with van der Waals surface area (Å²) in [5.41, 5.74) is 12.1. The number of carbonyl (C=O) groups is 1. The molecule has 0 spiro atoms. The molecule has 7 N–H and O–H groups in total. The van der Waals surface area contributed by atoms with Crippen LogP contribution < -0.4 is 27.4 Å². The molecule has 4 rings (SSSR count). The molecule has 0 bridgehead atoms. The van der Waals surface area contributed by atoms with Crippen molar-refractivity contribution < 1.29 is 17.6 Å². The number of allylic oxidation sites excluding steroid dienone is 1. The molecule has 12 heteroatoms. The van der Waals surface area contributed by atoms with Crippen molar-refractivity contribution >= 4 is 15.9 Å². The highest BCUT2D eigenvalue weighted by Crippen LogP contribution is 2.39. The summed E-state index contributed by atoms with van der Waals surface area (Å²) in [6, 6.07) is -0.592. The van der Waals surface area contributed by atoms with E-state index in [4.69, 9.17) is 11.5 Å². The Morgan fingerprint density at radius 1 is 1.20 bits per heavy atom. The minimum Gasteiger partial charge on any atom is -0.385 e. The Morgan fingerprint density at radius 2 is 1.90 bits per heavy atom. The molecular formula is C29H54FN7O3S. The van der Waals surface area contributed by atoms with E-state index in [1.165, 1.54) is 6.20 Å². The van der Waals surface area contributed by atoms with Gasteiger partial charge in [0.25, 0.3) is 0 Å². The molecule has 5 unspecified atom stereocenters. The van der Waals surface area contributed by atoms with E-state index in [1.807, 2.05) is 0 Å². The molecule has 1 saturated carbocycles. The zero-order valence-electron chi connectivity index (χ0n) is 25.3. The lowest BCUT2D eigenvalue weighted by molar-refractivity contribution is -0.129. The lowest BCUT2D eigenvalue weighted by Gasteiger charge is -2.54. The van der Waals surface area contributed by atoms with Crippen molar-refractivity contribution in [3.63, 3.8) is 0 Å². The molecule has 10 nitrogen and oxygen atoms in total. The summed E-state index contributed by atoms with van der Waals surface area (Å²) in [5, 5.41) is 9.81. The zero-order valence-corrected chi connectivity index (χ0v) is 26.2. The van der Waals surface area contributed by atoms with E-state index in [9.17, 15) is 17.6 Å². The standard InChI is InChI=1S/C29H54FN7O3S/c1-4-6-10-29(36-14-16-37(17-15-36)41(39,40)22-7-8-22)12-13-33-20-24(29)35-27(38)25(26(31)32)23-18-28(3,5-2)11-9-21(30)19-34-23/h19,22-26,33-34H,4-18,20,31-32H2,1-3H3,(H,35,38)/b21-19+. The van der Waals surface area contributed by atoms with Gasteiger partial charge in [-0.15, -0.1) is 0 Å². The van der Waals surface area contributed by atoms with E-state index in [0.717, 1.165) is 51.5 Å². The second kappa shape index (κ2) is 13.5. The smallest absolute Gasteiger partial charge is 0.228 e. The summed E-state index contributed by atoms with van der Waals surface area (Å²) < 4.78 is 41.9. The van der Waals surface area contributed by atoms with E-state index in [0.29, 0.717) is 52.0 Å². The number of nitrogens with one attached hydrogen (secondary N) is 3. The normalized spacial score (nSPS) is 34.7. The van der Waals surface area contributed by atoms with Gasteiger partial charge in [-0.3, -0.25) is 9.69 Å². The molecule has 3 aliphatic heterocycles. The van der Waals surface area contributed by atoms with E-state index < -0.39 is 28.1 Å². The van der Waals surface area contributed by atoms with Gasteiger partial charge in [-0.05, 0) is 50.5 Å². The van der Waals surface area contributed by atoms with Gasteiger partial charge < -0.3 is 27.4 Å².